The highest BCUT2D eigenvalue weighted by Crippen LogP contribution is 2.48. The third kappa shape index (κ3) is 23.5. The molecule has 22 nitrogen and oxygen atoms in total. The molecule has 0 saturated heterocycles. The number of nitrogens with one attached hydrogen (secondary N) is 1. The molecule has 6 aliphatic rings. The summed E-state index contributed by atoms with van der Waals surface area (Å²) in [5.74, 6) is -2.93. The van der Waals surface area contributed by atoms with Crippen molar-refractivity contribution in [1.29, 1.82) is 0 Å². The van der Waals surface area contributed by atoms with Crippen molar-refractivity contribution in [3.8, 4) is 17.2 Å². The summed E-state index contributed by atoms with van der Waals surface area (Å²) < 4.78 is 158. The van der Waals surface area contributed by atoms with Crippen LogP contribution in [0.5, 0.6) is 17.2 Å². The van der Waals surface area contributed by atoms with Crippen LogP contribution in [-0.2, 0) is 101 Å². The van der Waals surface area contributed by atoms with Crippen molar-refractivity contribution in [2.45, 2.75) is 263 Å². The number of carbonyl (C=O) groups is 8. The number of carboxylic acids is 2. The monoisotopic (exact) mass is 1730 g/mol. The Morgan fingerprint density at radius 3 is 1.00 bits per heavy atom. The van der Waals surface area contributed by atoms with E-state index in [0.29, 0.717) is 100 Å². The van der Waals surface area contributed by atoms with Crippen molar-refractivity contribution in [2.75, 3.05) is 62.6 Å². The topological polar surface area (TPSA) is 261 Å². The van der Waals surface area contributed by atoms with E-state index in [2.05, 4.69) is 5.32 Å². The summed E-state index contributed by atoms with van der Waals surface area (Å²) in [6, 6.07) is 20.4. The summed E-state index contributed by atoms with van der Waals surface area (Å²) in [5, 5.41) is 21.3. The Morgan fingerprint density at radius 2 is 0.732 bits per heavy atom. The number of fused-ring (bicyclic) bond motifs is 3. The number of benzene rings is 6. The lowest BCUT2D eigenvalue weighted by Gasteiger charge is -2.32. The Morgan fingerprint density at radius 1 is 0.439 bits per heavy atom. The molecule has 6 aromatic carbocycles. The number of methoxy groups -OCH3 is 1. The van der Waals surface area contributed by atoms with E-state index >= 15 is 0 Å². The van der Waals surface area contributed by atoms with Gasteiger partial charge in [0, 0.05) is 50.8 Å². The van der Waals surface area contributed by atoms with Gasteiger partial charge in [0.25, 0.3) is 11.8 Å². The molecule has 0 aromatic heterocycles. The molecule has 6 aromatic rings. The molecule has 0 bridgehead atoms. The number of aliphatic carboxylic acids is 2. The second kappa shape index (κ2) is 39.5. The molecule has 123 heavy (non-hydrogen) atoms. The van der Waals surface area contributed by atoms with Gasteiger partial charge < -0.3 is 58.7 Å². The number of carbonyl (C=O) groups excluding carboxylic acids is 6. The number of ether oxygens (including phenoxy) is 6. The van der Waals surface area contributed by atoms with E-state index in [-0.39, 0.29) is 62.9 Å². The quantitative estimate of drug-likeness (QED) is 0.0289. The predicted octanol–water partition coefficient (Wildman–Crippen LogP) is 19.0. The zero-order valence-electron chi connectivity index (χ0n) is 71.8. The van der Waals surface area contributed by atoms with Gasteiger partial charge in [-0.2, -0.15) is 39.5 Å². The summed E-state index contributed by atoms with van der Waals surface area (Å²) in [4.78, 5) is 107. The van der Waals surface area contributed by atoms with E-state index in [0.717, 1.165) is 120 Å². The first-order valence-electron chi connectivity index (χ1n) is 41.7. The molecule has 0 radical (unpaired) electrons. The van der Waals surface area contributed by atoms with Crippen molar-refractivity contribution in [3.05, 3.63) is 174 Å². The highest BCUT2D eigenvalue weighted by atomic mass is 19.4. The Kier molecular flexibility index (Phi) is 30.4. The average Bonchev–Trinajstić information content (AvgIpc) is 1.62. The second-order valence-corrected chi connectivity index (χ2v) is 34.4. The number of halogens is 9. The largest absolute Gasteiger partial charge is 0.489 e. The molecule has 31 heteroatoms. The molecule has 668 valence electrons. The van der Waals surface area contributed by atoms with Gasteiger partial charge in [-0.25, -0.2) is 9.59 Å². The normalized spacial score (nSPS) is 16.3. The number of esters is 1. The minimum atomic E-state index is -4.45. The van der Waals surface area contributed by atoms with Crippen LogP contribution >= 0.6 is 0 Å². The minimum Gasteiger partial charge on any atom is -0.489 e. The number of carboxylic acid groups (broad SMARTS) is 2. The van der Waals surface area contributed by atoms with Crippen molar-refractivity contribution < 1.29 is 117 Å². The van der Waals surface area contributed by atoms with Crippen LogP contribution in [0.15, 0.2) is 91.0 Å². The summed E-state index contributed by atoms with van der Waals surface area (Å²) in [5.41, 5.74) is 5.76. The SMILES string of the molecule is CN[C@H](CC(=O)O)C(=O)N1CCc2c1ccc(OCc1ccc(C3CCCC3)c(C(F)(F)F)c1)c2C.COC(=O)C[C@H](C(=O)N1CCc2c1ccc(OCc1ccc(C3CCCC3)c(C(F)(F)F)c1)c2C)N(C)C(=O)OC(C)(C)C.Cc1c(OCc2ccc(C3CCCC3)c(C(F)(F)F)c2)ccc2c1CCN2C(=O)[C@@H](CC(=O)O)N(C)C(=O)OC(C)(C)C. The van der Waals surface area contributed by atoms with E-state index < -0.39 is 113 Å². The molecular formula is C92H111F9N6O16. The van der Waals surface area contributed by atoms with Crippen LogP contribution in [0.4, 0.5) is 66.2 Å². The fourth-order valence-corrected chi connectivity index (χ4v) is 17.3. The highest BCUT2D eigenvalue weighted by molar-refractivity contribution is 6.04. The summed E-state index contributed by atoms with van der Waals surface area (Å²) in [6.45, 7) is 16.6. The van der Waals surface area contributed by atoms with Gasteiger partial charge in [-0.3, -0.25) is 38.6 Å². The minimum absolute atomic E-state index is 0.00324. The van der Waals surface area contributed by atoms with Crippen molar-refractivity contribution in [3.63, 3.8) is 0 Å². The number of nitrogens with zero attached hydrogens (tertiary/aromatic N) is 5. The summed E-state index contributed by atoms with van der Waals surface area (Å²) in [7, 11) is 5.50. The molecule has 3 aliphatic carbocycles. The smallest absolute Gasteiger partial charge is 0.416 e. The number of alkyl halides is 9. The van der Waals surface area contributed by atoms with Crippen molar-refractivity contribution in [2.24, 2.45) is 0 Å². The average molecular weight is 1730 g/mol. The summed E-state index contributed by atoms with van der Waals surface area (Å²) >= 11 is 0. The second-order valence-electron chi connectivity index (χ2n) is 34.4. The van der Waals surface area contributed by atoms with Gasteiger partial charge in [-0.05, 0) is 266 Å². The van der Waals surface area contributed by atoms with Crippen LogP contribution in [0.2, 0.25) is 0 Å². The molecule has 3 N–H and O–H groups in total. The Hall–Kier alpha value is -10.6. The van der Waals surface area contributed by atoms with Crippen LogP contribution in [-0.4, -0.2) is 145 Å². The molecule has 0 unspecified atom stereocenters. The van der Waals surface area contributed by atoms with Gasteiger partial charge in [0.15, 0.2) is 0 Å². The zero-order chi connectivity index (χ0) is 90.1. The lowest BCUT2D eigenvalue weighted by atomic mass is 9.91. The van der Waals surface area contributed by atoms with E-state index in [9.17, 15) is 83.0 Å². The molecule has 3 saturated carbocycles. The first kappa shape index (κ1) is 94.7. The number of hydrogen-bond acceptors (Lipinski definition) is 15. The Balaban J connectivity index is 0.000000194. The van der Waals surface area contributed by atoms with Gasteiger partial charge in [0.1, 0.15) is 60.4 Å². The number of rotatable bonds is 24. The fourth-order valence-electron chi connectivity index (χ4n) is 17.3. The van der Waals surface area contributed by atoms with Gasteiger partial charge in [0.05, 0.1) is 49.1 Å². The number of hydrogen-bond donors (Lipinski definition) is 3. The van der Waals surface area contributed by atoms with Crippen LogP contribution < -0.4 is 34.2 Å². The molecule has 5 amide bonds. The first-order chi connectivity index (χ1) is 57.8. The number of anilines is 3. The summed E-state index contributed by atoms with van der Waals surface area (Å²) in [6.07, 6.45) is -4.25. The van der Waals surface area contributed by atoms with E-state index in [1.807, 2.05) is 20.8 Å². The lowest BCUT2D eigenvalue weighted by Crippen LogP contribution is -2.51. The van der Waals surface area contributed by atoms with E-state index in [1.54, 1.807) is 126 Å². The first-order valence-corrected chi connectivity index (χ1v) is 41.7. The van der Waals surface area contributed by atoms with Crippen LogP contribution in [0.25, 0.3) is 0 Å². The standard InChI is InChI=1S/C33H41F3N2O6.C32H39F3N2O6.C27H31F3N2O4/c1-20-23-15-16-38(30(40)27(18-29(39)42-6)37(5)31(41)44-32(2,3)4)26(23)13-14-28(20)43-19-21-11-12-24(22-9-7-8-10-22)25(17-21)33(34,35)36;1-19-22-14-15-37(29(40)26(17-28(38)39)36(5)30(41)43-31(2,3)4)25(22)12-13-27(19)42-18-20-10-11-23(21-8-6-7-9-21)24(16-20)32(33,34)35;1-16-19-11-12-32(26(35)22(31-2)14-25(33)34)23(19)9-10-24(16)36-15-17-7-8-20(18-5-3-4-6-18)21(13-17)27(28,29)30/h11-14,17,22,27H,7-10,15-16,18-19H2,1-6H3;10-13,16,21,26H,6-9,14-15,17-18H2,1-5H3,(H,38,39);7-10,13,18,22,31H,3-6,11-12,14-15H2,1-2H3,(H,33,34)/t27-;26-;22-/m111/s1. The van der Waals surface area contributed by atoms with Crippen molar-refractivity contribution in [1.82, 2.24) is 15.1 Å². The molecule has 3 aliphatic heterocycles. The maximum absolute atomic E-state index is 13.9. The molecular weight excluding hydrogens is 1620 g/mol. The molecule has 12 rings (SSSR count). The molecule has 3 heterocycles. The maximum atomic E-state index is 13.9. The van der Waals surface area contributed by atoms with E-state index in [4.69, 9.17) is 33.5 Å². The predicted molar refractivity (Wildman–Crippen MR) is 442 cm³/mol. The van der Waals surface area contributed by atoms with Crippen molar-refractivity contribution >= 4 is 64.9 Å². The van der Waals surface area contributed by atoms with Crippen LogP contribution in [0.1, 0.15) is 239 Å². The number of amides is 5. The number of likely N-dealkylation sites (N-methyl/N-ethyl adjacent to an activating group) is 3. The Labute approximate surface area is 711 Å². The third-order valence-electron chi connectivity index (χ3n) is 23.7. The third-order valence-corrected chi connectivity index (χ3v) is 23.7. The van der Waals surface area contributed by atoms with Crippen LogP contribution in [0.3, 0.4) is 0 Å². The Bertz CT molecular complexity index is 4860. The fraction of sp³-hybridized carbons (Fsp3) is 0.522. The van der Waals surface area contributed by atoms with Gasteiger partial charge in [0.2, 0.25) is 5.91 Å². The van der Waals surface area contributed by atoms with Crippen LogP contribution in [0, 0.1) is 20.8 Å². The van der Waals surface area contributed by atoms with E-state index in [1.165, 1.54) is 49.2 Å². The molecule has 3 fully saturated rings. The zero-order valence-corrected chi connectivity index (χ0v) is 71.8. The van der Waals surface area contributed by atoms with Gasteiger partial charge in [-0.15, -0.1) is 0 Å². The van der Waals surface area contributed by atoms with Gasteiger partial charge in [-0.1, -0.05) is 74.9 Å². The highest BCUT2D eigenvalue weighted by Gasteiger charge is 2.44. The van der Waals surface area contributed by atoms with Gasteiger partial charge >= 0.3 is 48.6 Å². The molecule has 0 spiro atoms. The molecule has 3 atom stereocenters. The maximum Gasteiger partial charge on any atom is 0.416 e. The lowest BCUT2D eigenvalue weighted by molar-refractivity contribution is -0.144.